The van der Waals surface area contributed by atoms with Crippen LogP contribution in [0.5, 0.6) is 0 Å². The maximum atomic E-state index is 12.9. The van der Waals surface area contributed by atoms with Crippen LogP contribution < -0.4 is 5.01 Å². The Morgan fingerprint density at radius 2 is 1.58 bits per heavy atom. The van der Waals surface area contributed by atoms with E-state index in [2.05, 4.69) is 5.10 Å². The van der Waals surface area contributed by atoms with Gasteiger partial charge in [-0.05, 0) is 30.3 Å². The number of anilines is 1. The van der Waals surface area contributed by atoms with E-state index in [-0.39, 0.29) is 5.91 Å². The average Bonchev–Trinajstić information content (AvgIpc) is 3.26. The highest BCUT2D eigenvalue weighted by Crippen LogP contribution is 2.27. The van der Waals surface area contributed by atoms with Crippen molar-refractivity contribution in [3.63, 3.8) is 0 Å². The summed E-state index contributed by atoms with van der Waals surface area (Å²) in [5, 5.41) is 5.99. The molecule has 0 radical (unpaired) electrons. The van der Waals surface area contributed by atoms with E-state index < -0.39 is 0 Å². The van der Waals surface area contributed by atoms with Crippen molar-refractivity contribution >= 4 is 23.4 Å². The Bertz CT molecular complexity index is 911. The van der Waals surface area contributed by atoms with Crippen LogP contribution in [0.2, 0.25) is 0 Å². The molecule has 4 rings (SSSR count). The van der Waals surface area contributed by atoms with Crippen LogP contribution in [-0.4, -0.2) is 11.6 Å². The van der Waals surface area contributed by atoms with Gasteiger partial charge in [0.25, 0.3) is 5.91 Å². The van der Waals surface area contributed by atoms with Crippen LogP contribution in [0.25, 0.3) is 6.08 Å². The molecule has 3 aromatic rings. The molecular formula is C20H14N2O2. The Labute approximate surface area is 139 Å². The van der Waals surface area contributed by atoms with Crippen LogP contribution in [-0.2, 0) is 4.79 Å². The molecule has 0 N–H and O–H groups in total. The highest BCUT2D eigenvalue weighted by Gasteiger charge is 2.32. The lowest BCUT2D eigenvalue weighted by molar-refractivity contribution is -0.114. The third-order valence-electron chi connectivity index (χ3n) is 3.76. The zero-order valence-electron chi connectivity index (χ0n) is 12.8. The molecule has 24 heavy (non-hydrogen) atoms. The van der Waals surface area contributed by atoms with Crippen LogP contribution in [0.15, 0.2) is 94.2 Å². The molecule has 0 spiro atoms. The van der Waals surface area contributed by atoms with Gasteiger partial charge in [-0.3, -0.25) is 4.79 Å². The normalized spacial score (nSPS) is 15.8. The first-order valence-corrected chi connectivity index (χ1v) is 7.62. The smallest absolute Gasteiger partial charge is 0.281 e. The maximum Gasteiger partial charge on any atom is 0.281 e. The number of furan rings is 1. The van der Waals surface area contributed by atoms with Crippen LogP contribution >= 0.6 is 0 Å². The minimum absolute atomic E-state index is 0.170. The SMILES string of the molecule is O=C1/C(=C\c2ccco2)C(c2ccccc2)=NN1c1ccccc1. The molecule has 1 amide bonds. The predicted molar refractivity (Wildman–Crippen MR) is 93.6 cm³/mol. The van der Waals surface area contributed by atoms with Crippen molar-refractivity contribution in [2.24, 2.45) is 5.10 Å². The monoisotopic (exact) mass is 314 g/mol. The van der Waals surface area contributed by atoms with E-state index in [1.807, 2.05) is 66.7 Å². The first-order chi connectivity index (χ1) is 11.8. The molecule has 1 aliphatic rings. The minimum Gasteiger partial charge on any atom is -0.465 e. The lowest BCUT2D eigenvalue weighted by Gasteiger charge is -2.10. The molecule has 4 nitrogen and oxygen atoms in total. The van der Waals surface area contributed by atoms with Gasteiger partial charge in [0.1, 0.15) is 11.5 Å². The number of nitrogens with zero attached hydrogens (tertiary/aromatic N) is 2. The second kappa shape index (κ2) is 6.01. The summed E-state index contributed by atoms with van der Waals surface area (Å²) in [6.07, 6.45) is 3.32. The fraction of sp³-hybridized carbons (Fsp3) is 0. The highest BCUT2D eigenvalue weighted by molar-refractivity contribution is 6.37. The van der Waals surface area contributed by atoms with E-state index in [9.17, 15) is 4.79 Å². The van der Waals surface area contributed by atoms with Gasteiger partial charge in [0.15, 0.2) is 0 Å². The van der Waals surface area contributed by atoms with E-state index >= 15 is 0 Å². The number of para-hydroxylation sites is 1. The average molecular weight is 314 g/mol. The summed E-state index contributed by atoms with van der Waals surface area (Å²) in [6, 6.07) is 22.7. The molecule has 0 saturated carbocycles. The van der Waals surface area contributed by atoms with Crippen molar-refractivity contribution in [2.75, 3.05) is 5.01 Å². The van der Waals surface area contributed by atoms with Crippen molar-refractivity contribution < 1.29 is 9.21 Å². The van der Waals surface area contributed by atoms with E-state index in [4.69, 9.17) is 4.42 Å². The highest BCUT2D eigenvalue weighted by atomic mass is 16.3. The standard InChI is InChI=1S/C20H14N2O2/c23-20-18(14-17-12-7-13-24-17)19(15-8-3-1-4-9-15)21-22(20)16-10-5-2-6-11-16/h1-14H/b18-14-. The van der Waals surface area contributed by atoms with E-state index in [0.717, 1.165) is 11.3 Å². The van der Waals surface area contributed by atoms with Gasteiger partial charge in [0.2, 0.25) is 0 Å². The summed E-state index contributed by atoms with van der Waals surface area (Å²) in [5.74, 6) is 0.452. The van der Waals surface area contributed by atoms with Crippen LogP contribution in [0.4, 0.5) is 5.69 Å². The lowest BCUT2D eigenvalue weighted by atomic mass is 10.0. The Hall–Kier alpha value is -3.40. The quantitative estimate of drug-likeness (QED) is 0.683. The molecule has 1 aromatic heterocycles. The molecule has 0 unspecified atom stereocenters. The number of rotatable bonds is 3. The number of benzene rings is 2. The number of hydrogen-bond donors (Lipinski definition) is 0. The molecule has 2 aromatic carbocycles. The molecular weight excluding hydrogens is 300 g/mol. The number of carbonyl (C=O) groups excluding carboxylic acids is 1. The summed E-state index contributed by atoms with van der Waals surface area (Å²) < 4.78 is 5.37. The van der Waals surface area contributed by atoms with Crippen LogP contribution in [0, 0.1) is 0 Å². The van der Waals surface area contributed by atoms with Crippen LogP contribution in [0.3, 0.4) is 0 Å². The van der Waals surface area contributed by atoms with Gasteiger partial charge in [-0.15, -0.1) is 0 Å². The molecule has 0 bridgehead atoms. The van der Waals surface area contributed by atoms with Crippen molar-refractivity contribution in [2.45, 2.75) is 0 Å². The zero-order valence-corrected chi connectivity index (χ0v) is 12.8. The third-order valence-corrected chi connectivity index (χ3v) is 3.76. The Morgan fingerprint density at radius 3 is 2.25 bits per heavy atom. The second-order valence-electron chi connectivity index (χ2n) is 5.34. The molecule has 2 heterocycles. The molecule has 0 atom stereocenters. The fourth-order valence-electron chi connectivity index (χ4n) is 2.61. The van der Waals surface area contributed by atoms with Gasteiger partial charge in [0, 0.05) is 5.56 Å². The molecule has 1 aliphatic heterocycles. The summed E-state index contributed by atoms with van der Waals surface area (Å²) in [5.41, 5.74) is 2.78. The number of hydrogen-bond acceptors (Lipinski definition) is 3. The van der Waals surface area contributed by atoms with E-state index in [1.165, 1.54) is 5.01 Å². The molecule has 0 aliphatic carbocycles. The minimum atomic E-state index is -0.170. The van der Waals surface area contributed by atoms with Gasteiger partial charge >= 0.3 is 0 Å². The van der Waals surface area contributed by atoms with Crippen molar-refractivity contribution in [1.29, 1.82) is 0 Å². The zero-order chi connectivity index (χ0) is 16.4. The number of carbonyl (C=O) groups is 1. The largest absolute Gasteiger partial charge is 0.465 e. The lowest BCUT2D eigenvalue weighted by Crippen LogP contribution is -2.21. The van der Waals surface area contributed by atoms with Gasteiger partial charge in [-0.1, -0.05) is 48.5 Å². The summed E-state index contributed by atoms with van der Waals surface area (Å²) in [6.45, 7) is 0. The first-order valence-electron chi connectivity index (χ1n) is 7.62. The predicted octanol–water partition coefficient (Wildman–Crippen LogP) is 4.11. The van der Waals surface area contributed by atoms with Gasteiger partial charge in [-0.2, -0.15) is 10.1 Å². The maximum absolute atomic E-state index is 12.9. The summed E-state index contributed by atoms with van der Waals surface area (Å²) in [7, 11) is 0. The Kier molecular flexibility index (Phi) is 3.56. The molecule has 0 saturated heterocycles. The molecule has 4 heteroatoms. The fourth-order valence-corrected chi connectivity index (χ4v) is 2.61. The third kappa shape index (κ3) is 2.54. The Balaban J connectivity index is 1.83. The Morgan fingerprint density at radius 1 is 0.875 bits per heavy atom. The van der Waals surface area contributed by atoms with E-state index in [0.29, 0.717) is 17.0 Å². The van der Waals surface area contributed by atoms with Gasteiger partial charge < -0.3 is 4.42 Å². The topological polar surface area (TPSA) is 45.8 Å². The van der Waals surface area contributed by atoms with Crippen LogP contribution in [0.1, 0.15) is 11.3 Å². The number of hydrazone groups is 1. The van der Waals surface area contributed by atoms with E-state index in [1.54, 1.807) is 18.4 Å². The summed E-state index contributed by atoms with van der Waals surface area (Å²) >= 11 is 0. The van der Waals surface area contributed by atoms with Gasteiger partial charge in [0.05, 0.1) is 17.5 Å². The van der Waals surface area contributed by atoms with Crippen molar-refractivity contribution in [1.82, 2.24) is 0 Å². The van der Waals surface area contributed by atoms with Crippen molar-refractivity contribution in [3.05, 3.63) is 96.0 Å². The summed E-state index contributed by atoms with van der Waals surface area (Å²) in [4.78, 5) is 12.9. The molecule has 116 valence electrons. The van der Waals surface area contributed by atoms with Crippen molar-refractivity contribution in [3.8, 4) is 0 Å². The van der Waals surface area contributed by atoms with Gasteiger partial charge in [-0.25, -0.2) is 0 Å². The second-order valence-corrected chi connectivity index (χ2v) is 5.34. The first kappa shape index (κ1) is 14.2. The number of amides is 1. The molecule has 0 fully saturated rings.